The van der Waals surface area contributed by atoms with Crippen molar-refractivity contribution in [1.82, 2.24) is 4.90 Å². The van der Waals surface area contributed by atoms with Gasteiger partial charge in [-0.25, -0.2) is 13.6 Å². The molecule has 0 fully saturated rings. The summed E-state index contributed by atoms with van der Waals surface area (Å²) in [7, 11) is 2.94. The highest BCUT2D eigenvalue weighted by atomic mass is 19.1. The quantitative estimate of drug-likeness (QED) is 0.917. The molecule has 0 aromatic heterocycles. The zero-order valence-corrected chi connectivity index (χ0v) is 13.1. The number of halogens is 2. The number of carbonyl (C=O) groups excluding carboxylic acids is 1. The van der Waals surface area contributed by atoms with Crippen LogP contribution in [0.4, 0.5) is 19.3 Å². The maximum Gasteiger partial charge on any atom is 0.322 e. The van der Waals surface area contributed by atoms with Crippen molar-refractivity contribution in [2.24, 2.45) is 0 Å². The van der Waals surface area contributed by atoms with Gasteiger partial charge < -0.3 is 15.0 Å². The number of urea groups is 1. The van der Waals surface area contributed by atoms with E-state index in [9.17, 15) is 13.6 Å². The molecule has 0 aliphatic heterocycles. The first-order valence-corrected chi connectivity index (χ1v) is 7.05. The molecule has 4 nitrogen and oxygen atoms in total. The Kier molecular flexibility index (Phi) is 5.16. The van der Waals surface area contributed by atoms with Gasteiger partial charge in [-0.15, -0.1) is 0 Å². The Morgan fingerprint density at radius 2 is 1.91 bits per heavy atom. The van der Waals surface area contributed by atoms with Crippen LogP contribution in [-0.4, -0.2) is 25.1 Å². The van der Waals surface area contributed by atoms with Crippen molar-refractivity contribution in [2.45, 2.75) is 13.0 Å². The van der Waals surface area contributed by atoms with Crippen molar-refractivity contribution < 1.29 is 18.3 Å². The number of rotatable bonds is 4. The molecule has 0 saturated heterocycles. The Morgan fingerprint density at radius 1 is 1.22 bits per heavy atom. The molecule has 2 aromatic rings. The SMILES string of the molecule is COc1cc(F)ccc1NC(=O)N(C)C(C)c1ccccc1F. The Hall–Kier alpha value is -2.63. The van der Waals surface area contributed by atoms with Gasteiger partial charge >= 0.3 is 6.03 Å². The molecular weight excluding hydrogens is 302 g/mol. The van der Waals surface area contributed by atoms with Crippen LogP contribution in [0.2, 0.25) is 0 Å². The monoisotopic (exact) mass is 320 g/mol. The topological polar surface area (TPSA) is 41.6 Å². The van der Waals surface area contributed by atoms with Crippen LogP contribution in [0.3, 0.4) is 0 Å². The summed E-state index contributed by atoms with van der Waals surface area (Å²) in [6.45, 7) is 1.72. The van der Waals surface area contributed by atoms with Crippen LogP contribution in [0, 0.1) is 11.6 Å². The summed E-state index contributed by atoms with van der Waals surface area (Å²) in [4.78, 5) is 13.7. The molecule has 0 radical (unpaired) electrons. The Balaban J connectivity index is 2.16. The van der Waals surface area contributed by atoms with Crippen molar-refractivity contribution in [3.05, 3.63) is 59.7 Å². The molecule has 1 atom stereocenters. The highest BCUT2D eigenvalue weighted by Gasteiger charge is 2.21. The van der Waals surface area contributed by atoms with Crippen LogP contribution in [-0.2, 0) is 0 Å². The summed E-state index contributed by atoms with van der Waals surface area (Å²) in [5.74, 6) is -0.628. The zero-order chi connectivity index (χ0) is 17.0. The van der Waals surface area contributed by atoms with Crippen molar-refractivity contribution in [1.29, 1.82) is 0 Å². The fourth-order valence-electron chi connectivity index (χ4n) is 2.17. The van der Waals surface area contributed by atoms with Crippen LogP contribution in [0.25, 0.3) is 0 Å². The van der Waals surface area contributed by atoms with Crippen LogP contribution < -0.4 is 10.1 Å². The lowest BCUT2D eigenvalue weighted by molar-refractivity contribution is 0.207. The third-order valence-corrected chi connectivity index (χ3v) is 3.66. The predicted octanol–water partition coefficient (Wildman–Crippen LogP) is 4.20. The molecule has 1 N–H and O–H groups in total. The second kappa shape index (κ2) is 7.09. The summed E-state index contributed by atoms with van der Waals surface area (Å²) in [6.07, 6.45) is 0. The summed E-state index contributed by atoms with van der Waals surface area (Å²) in [5.41, 5.74) is 0.753. The predicted molar refractivity (Wildman–Crippen MR) is 84.5 cm³/mol. The minimum Gasteiger partial charge on any atom is -0.494 e. The summed E-state index contributed by atoms with van der Waals surface area (Å²) >= 11 is 0. The largest absolute Gasteiger partial charge is 0.494 e. The van der Waals surface area contributed by atoms with Gasteiger partial charge in [-0.05, 0) is 25.1 Å². The van der Waals surface area contributed by atoms with Gasteiger partial charge in [0.15, 0.2) is 0 Å². The van der Waals surface area contributed by atoms with E-state index >= 15 is 0 Å². The number of methoxy groups -OCH3 is 1. The number of nitrogens with zero attached hydrogens (tertiary/aromatic N) is 1. The van der Waals surface area contributed by atoms with E-state index in [0.717, 1.165) is 0 Å². The number of nitrogens with one attached hydrogen (secondary N) is 1. The summed E-state index contributed by atoms with van der Waals surface area (Å²) < 4.78 is 32.1. The summed E-state index contributed by atoms with van der Waals surface area (Å²) in [6, 6.07) is 9.16. The highest BCUT2D eigenvalue weighted by molar-refractivity contribution is 5.91. The van der Waals surface area contributed by atoms with Gasteiger partial charge in [-0.3, -0.25) is 0 Å². The molecule has 0 spiro atoms. The Bertz CT molecular complexity index is 707. The van der Waals surface area contributed by atoms with Crippen LogP contribution >= 0.6 is 0 Å². The molecule has 2 aromatic carbocycles. The smallest absolute Gasteiger partial charge is 0.322 e. The standard InChI is InChI=1S/C17H18F2N2O2/c1-11(13-6-4-5-7-14(13)19)21(2)17(22)20-15-9-8-12(18)10-16(15)23-3/h4-11H,1-3H3,(H,20,22). The maximum absolute atomic E-state index is 13.8. The first kappa shape index (κ1) is 16.7. The number of ether oxygens (including phenoxy) is 1. The molecule has 0 heterocycles. The zero-order valence-electron chi connectivity index (χ0n) is 13.1. The third kappa shape index (κ3) is 3.77. The van der Waals surface area contributed by atoms with Crippen molar-refractivity contribution in [3.8, 4) is 5.75 Å². The van der Waals surface area contributed by atoms with E-state index in [1.54, 1.807) is 32.2 Å². The molecule has 122 valence electrons. The van der Waals surface area contributed by atoms with Gasteiger partial charge in [0.1, 0.15) is 17.4 Å². The number of amides is 2. The first-order chi connectivity index (χ1) is 10.9. The van der Waals surface area contributed by atoms with E-state index in [-0.39, 0.29) is 11.6 Å². The van der Waals surface area contributed by atoms with Crippen molar-refractivity contribution >= 4 is 11.7 Å². The minimum absolute atomic E-state index is 0.213. The van der Waals surface area contributed by atoms with E-state index < -0.39 is 17.9 Å². The van der Waals surface area contributed by atoms with Gasteiger partial charge in [0.05, 0.1) is 18.8 Å². The number of anilines is 1. The van der Waals surface area contributed by atoms with Crippen LogP contribution in [0.5, 0.6) is 5.75 Å². The average Bonchev–Trinajstić information content (AvgIpc) is 2.55. The molecule has 1 unspecified atom stereocenters. The van der Waals surface area contributed by atoms with E-state index in [1.165, 1.54) is 36.3 Å². The molecule has 0 bridgehead atoms. The number of carbonyl (C=O) groups is 1. The molecule has 0 aliphatic rings. The lowest BCUT2D eigenvalue weighted by Crippen LogP contribution is -2.34. The second-order valence-corrected chi connectivity index (χ2v) is 5.08. The van der Waals surface area contributed by atoms with Gasteiger partial charge in [0.2, 0.25) is 0 Å². The molecule has 2 rings (SSSR count). The van der Waals surface area contributed by atoms with Crippen LogP contribution in [0.15, 0.2) is 42.5 Å². The molecule has 6 heteroatoms. The van der Waals surface area contributed by atoms with E-state index in [0.29, 0.717) is 11.3 Å². The van der Waals surface area contributed by atoms with E-state index in [4.69, 9.17) is 4.74 Å². The third-order valence-electron chi connectivity index (χ3n) is 3.66. The number of benzene rings is 2. The van der Waals surface area contributed by atoms with E-state index in [2.05, 4.69) is 5.32 Å². The highest BCUT2D eigenvalue weighted by Crippen LogP contribution is 2.27. The fraction of sp³-hybridized carbons (Fsp3) is 0.235. The van der Waals surface area contributed by atoms with E-state index in [1.807, 2.05) is 0 Å². The molecule has 2 amide bonds. The number of hydrogen-bond acceptors (Lipinski definition) is 2. The van der Waals surface area contributed by atoms with Crippen molar-refractivity contribution in [2.75, 3.05) is 19.5 Å². The Labute approximate surface area is 133 Å². The minimum atomic E-state index is -0.470. The molecule has 23 heavy (non-hydrogen) atoms. The number of hydrogen-bond donors (Lipinski definition) is 1. The van der Waals surface area contributed by atoms with Gasteiger partial charge in [0.25, 0.3) is 0 Å². The molecule has 0 saturated carbocycles. The average molecular weight is 320 g/mol. The normalized spacial score (nSPS) is 11.7. The fourth-order valence-corrected chi connectivity index (χ4v) is 2.17. The lowest BCUT2D eigenvalue weighted by Gasteiger charge is -2.26. The molecular formula is C17H18F2N2O2. The second-order valence-electron chi connectivity index (χ2n) is 5.08. The molecule has 0 aliphatic carbocycles. The first-order valence-electron chi connectivity index (χ1n) is 7.05. The van der Waals surface area contributed by atoms with Gasteiger partial charge in [-0.2, -0.15) is 0 Å². The Morgan fingerprint density at radius 3 is 2.57 bits per heavy atom. The van der Waals surface area contributed by atoms with Gasteiger partial charge in [0, 0.05) is 18.7 Å². The van der Waals surface area contributed by atoms with Gasteiger partial charge in [-0.1, -0.05) is 18.2 Å². The summed E-state index contributed by atoms with van der Waals surface area (Å²) in [5, 5.41) is 2.63. The van der Waals surface area contributed by atoms with Crippen molar-refractivity contribution in [3.63, 3.8) is 0 Å². The maximum atomic E-state index is 13.8. The van der Waals surface area contributed by atoms with Crippen LogP contribution in [0.1, 0.15) is 18.5 Å². The lowest BCUT2D eigenvalue weighted by atomic mass is 10.1.